The molecule has 0 radical (unpaired) electrons. The Labute approximate surface area is 103 Å². The molecule has 5 nitrogen and oxygen atoms in total. The molecule has 0 bridgehead atoms. The topological polar surface area (TPSA) is 62.2 Å². The summed E-state index contributed by atoms with van der Waals surface area (Å²) in [5.41, 5.74) is 0. The van der Waals surface area contributed by atoms with Crippen LogP contribution in [-0.4, -0.2) is 73.9 Å². The van der Waals surface area contributed by atoms with Gasteiger partial charge in [-0.3, -0.25) is 4.90 Å². The summed E-state index contributed by atoms with van der Waals surface area (Å²) >= 11 is 0. The fourth-order valence-corrected chi connectivity index (χ4v) is 2.29. The van der Waals surface area contributed by atoms with E-state index in [0.717, 1.165) is 13.0 Å². The van der Waals surface area contributed by atoms with Crippen molar-refractivity contribution in [2.45, 2.75) is 25.5 Å². The second kappa shape index (κ2) is 8.00. The van der Waals surface area contributed by atoms with Crippen molar-refractivity contribution in [2.75, 3.05) is 46.6 Å². The van der Waals surface area contributed by atoms with Crippen molar-refractivity contribution in [3.05, 3.63) is 0 Å². The monoisotopic (exact) mass is 247 g/mol. The van der Waals surface area contributed by atoms with Crippen LogP contribution in [0.25, 0.3) is 0 Å². The van der Waals surface area contributed by atoms with Crippen molar-refractivity contribution >= 4 is 0 Å². The minimum atomic E-state index is -0.494. The average molecular weight is 247 g/mol. The molecule has 0 aliphatic carbocycles. The van der Waals surface area contributed by atoms with E-state index in [1.807, 2.05) is 0 Å². The molecule has 1 saturated heterocycles. The maximum absolute atomic E-state index is 9.82. The van der Waals surface area contributed by atoms with Gasteiger partial charge in [-0.15, -0.1) is 0 Å². The highest BCUT2D eigenvalue weighted by molar-refractivity contribution is 4.85. The van der Waals surface area contributed by atoms with Crippen LogP contribution < -0.4 is 0 Å². The maximum Gasteiger partial charge on any atom is 0.0900 e. The fourth-order valence-electron chi connectivity index (χ4n) is 2.29. The van der Waals surface area contributed by atoms with Crippen molar-refractivity contribution in [3.8, 4) is 0 Å². The SMILES string of the molecule is COCCOCC(O)CN1CCC(C)C1CO. The predicted molar refractivity (Wildman–Crippen MR) is 64.9 cm³/mol. The lowest BCUT2D eigenvalue weighted by Gasteiger charge is -2.27. The highest BCUT2D eigenvalue weighted by Crippen LogP contribution is 2.23. The lowest BCUT2D eigenvalue weighted by atomic mass is 10.0. The second-order valence-electron chi connectivity index (χ2n) is 4.73. The second-order valence-corrected chi connectivity index (χ2v) is 4.73. The van der Waals surface area contributed by atoms with E-state index in [1.54, 1.807) is 7.11 Å². The number of methoxy groups -OCH3 is 1. The first-order valence-electron chi connectivity index (χ1n) is 6.28. The van der Waals surface area contributed by atoms with Crippen LogP contribution in [0.2, 0.25) is 0 Å². The molecule has 5 heteroatoms. The van der Waals surface area contributed by atoms with Crippen LogP contribution in [0.3, 0.4) is 0 Å². The number of aliphatic hydroxyl groups is 2. The molecule has 3 unspecified atom stereocenters. The van der Waals surface area contributed by atoms with Crippen molar-refractivity contribution in [1.29, 1.82) is 0 Å². The molecule has 0 aromatic rings. The van der Waals surface area contributed by atoms with Crippen LogP contribution in [0.5, 0.6) is 0 Å². The van der Waals surface area contributed by atoms with Gasteiger partial charge < -0.3 is 19.7 Å². The highest BCUT2D eigenvalue weighted by Gasteiger charge is 2.31. The molecule has 2 N–H and O–H groups in total. The van der Waals surface area contributed by atoms with Gasteiger partial charge in [-0.25, -0.2) is 0 Å². The zero-order chi connectivity index (χ0) is 12.7. The van der Waals surface area contributed by atoms with Crippen LogP contribution in [0.1, 0.15) is 13.3 Å². The van der Waals surface area contributed by atoms with E-state index >= 15 is 0 Å². The Kier molecular flexibility index (Phi) is 6.99. The van der Waals surface area contributed by atoms with Crippen molar-refractivity contribution in [3.63, 3.8) is 0 Å². The van der Waals surface area contributed by atoms with Gasteiger partial charge in [0.15, 0.2) is 0 Å². The number of rotatable bonds is 8. The molecule has 1 rings (SSSR count). The quantitative estimate of drug-likeness (QED) is 0.577. The van der Waals surface area contributed by atoms with Gasteiger partial charge >= 0.3 is 0 Å². The molecule has 17 heavy (non-hydrogen) atoms. The van der Waals surface area contributed by atoms with E-state index in [9.17, 15) is 10.2 Å². The molecular weight excluding hydrogens is 222 g/mol. The van der Waals surface area contributed by atoms with E-state index in [0.29, 0.717) is 32.3 Å². The molecule has 1 fully saturated rings. The maximum atomic E-state index is 9.82. The van der Waals surface area contributed by atoms with Gasteiger partial charge in [0.1, 0.15) is 0 Å². The molecule has 102 valence electrons. The molecule has 3 atom stereocenters. The van der Waals surface area contributed by atoms with Crippen molar-refractivity contribution in [2.24, 2.45) is 5.92 Å². The van der Waals surface area contributed by atoms with Gasteiger partial charge in [-0.1, -0.05) is 6.92 Å². The van der Waals surface area contributed by atoms with Crippen LogP contribution in [-0.2, 0) is 9.47 Å². The summed E-state index contributed by atoms with van der Waals surface area (Å²) in [5, 5.41) is 19.1. The van der Waals surface area contributed by atoms with Crippen LogP contribution >= 0.6 is 0 Å². The van der Waals surface area contributed by atoms with Gasteiger partial charge in [-0.05, 0) is 18.9 Å². The molecule has 0 aromatic heterocycles. The Hall–Kier alpha value is -0.200. The van der Waals surface area contributed by atoms with Gasteiger partial charge in [0.25, 0.3) is 0 Å². The minimum absolute atomic E-state index is 0.165. The zero-order valence-corrected chi connectivity index (χ0v) is 10.8. The normalized spacial score (nSPS) is 27.5. The number of β-amino-alcohol motifs (C(OH)–C–C–N with tert-alkyl or cyclic N) is 1. The summed E-state index contributed by atoms with van der Waals surface area (Å²) in [7, 11) is 1.62. The van der Waals surface area contributed by atoms with Crippen LogP contribution in [0.15, 0.2) is 0 Å². The first kappa shape index (κ1) is 14.9. The largest absolute Gasteiger partial charge is 0.395 e. The zero-order valence-electron chi connectivity index (χ0n) is 10.8. The molecular formula is C12H25NO4. The smallest absolute Gasteiger partial charge is 0.0900 e. The lowest BCUT2D eigenvalue weighted by molar-refractivity contribution is -0.00646. The fraction of sp³-hybridized carbons (Fsp3) is 1.00. The Morgan fingerprint density at radius 3 is 2.82 bits per heavy atom. The summed E-state index contributed by atoms with van der Waals surface area (Å²) in [6, 6.07) is 0.184. The molecule has 0 amide bonds. The number of hydrogen-bond donors (Lipinski definition) is 2. The van der Waals surface area contributed by atoms with Gasteiger partial charge in [0, 0.05) is 19.7 Å². The molecule has 0 aromatic carbocycles. The standard InChI is InChI=1S/C12H25NO4/c1-10-3-4-13(12(10)8-14)7-11(15)9-17-6-5-16-2/h10-12,14-15H,3-9H2,1-2H3. The molecule has 1 heterocycles. The van der Waals surface area contributed by atoms with E-state index in [4.69, 9.17) is 9.47 Å². The summed E-state index contributed by atoms with van der Waals surface area (Å²) in [6.45, 7) is 5.21. The average Bonchev–Trinajstić information content (AvgIpc) is 2.65. The number of likely N-dealkylation sites (tertiary alicyclic amines) is 1. The number of nitrogens with zero attached hydrogens (tertiary/aromatic N) is 1. The highest BCUT2D eigenvalue weighted by atomic mass is 16.5. The van der Waals surface area contributed by atoms with Crippen molar-refractivity contribution < 1.29 is 19.7 Å². The Morgan fingerprint density at radius 2 is 2.18 bits per heavy atom. The summed E-state index contributed by atoms with van der Waals surface area (Å²) in [5.74, 6) is 0.501. The number of hydrogen-bond acceptors (Lipinski definition) is 5. The third-order valence-electron chi connectivity index (χ3n) is 3.37. The lowest BCUT2D eigenvalue weighted by Crippen LogP contribution is -2.41. The summed E-state index contributed by atoms with van der Waals surface area (Å²) in [4.78, 5) is 2.15. The first-order valence-corrected chi connectivity index (χ1v) is 6.28. The molecule has 1 aliphatic rings. The van der Waals surface area contributed by atoms with E-state index < -0.39 is 6.10 Å². The minimum Gasteiger partial charge on any atom is -0.395 e. The Bertz CT molecular complexity index is 203. The number of ether oxygens (including phenoxy) is 2. The molecule has 0 spiro atoms. The molecule has 0 saturated carbocycles. The Morgan fingerprint density at radius 1 is 1.41 bits per heavy atom. The summed E-state index contributed by atoms with van der Waals surface area (Å²) in [6.07, 6.45) is 0.592. The number of aliphatic hydroxyl groups excluding tert-OH is 2. The third-order valence-corrected chi connectivity index (χ3v) is 3.37. The summed E-state index contributed by atoms with van der Waals surface area (Å²) < 4.78 is 10.1. The van der Waals surface area contributed by atoms with E-state index in [-0.39, 0.29) is 12.6 Å². The first-order chi connectivity index (χ1) is 8.19. The van der Waals surface area contributed by atoms with Crippen LogP contribution in [0, 0.1) is 5.92 Å². The molecule has 1 aliphatic heterocycles. The Balaban J connectivity index is 2.19. The van der Waals surface area contributed by atoms with E-state index in [1.165, 1.54) is 0 Å². The third kappa shape index (κ3) is 4.89. The van der Waals surface area contributed by atoms with Gasteiger partial charge in [0.05, 0.1) is 32.5 Å². The van der Waals surface area contributed by atoms with Gasteiger partial charge in [0.2, 0.25) is 0 Å². The van der Waals surface area contributed by atoms with Gasteiger partial charge in [-0.2, -0.15) is 0 Å². The van der Waals surface area contributed by atoms with Crippen molar-refractivity contribution in [1.82, 2.24) is 4.90 Å². The predicted octanol–water partition coefficient (Wildman–Crippen LogP) is -0.287. The van der Waals surface area contributed by atoms with E-state index in [2.05, 4.69) is 11.8 Å². The van der Waals surface area contributed by atoms with Crippen LogP contribution in [0.4, 0.5) is 0 Å².